The average molecular weight is 418 g/mol. The fourth-order valence-corrected chi connectivity index (χ4v) is 3.57. The van der Waals surface area contributed by atoms with Gasteiger partial charge >= 0.3 is 0 Å². The fraction of sp³-hybridized carbons (Fsp3) is 0.571. The van der Waals surface area contributed by atoms with Gasteiger partial charge in [0.05, 0.1) is 13.8 Å². The molecule has 0 radical (unpaired) electrons. The van der Waals surface area contributed by atoms with Gasteiger partial charge in [-0.1, -0.05) is 13.8 Å². The molecule has 7 nitrogen and oxygen atoms in total. The number of methoxy groups -OCH3 is 1. The van der Waals surface area contributed by atoms with Gasteiger partial charge in [0.25, 0.3) is 0 Å². The first-order valence-electron chi connectivity index (χ1n) is 10.2. The van der Waals surface area contributed by atoms with Crippen molar-refractivity contribution < 1.29 is 9.53 Å². The highest BCUT2D eigenvalue weighted by Gasteiger charge is 2.26. The summed E-state index contributed by atoms with van der Waals surface area (Å²) in [5, 5.41) is 6.44. The van der Waals surface area contributed by atoms with Gasteiger partial charge in [-0.25, -0.2) is 4.68 Å². The molecule has 1 aromatic carbocycles. The van der Waals surface area contributed by atoms with Gasteiger partial charge in [0.2, 0.25) is 10.7 Å². The van der Waals surface area contributed by atoms with Crippen molar-refractivity contribution in [3.63, 3.8) is 0 Å². The molecule has 0 spiro atoms. The first-order chi connectivity index (χ1) is 13.9. The van der Waals surface area contributed by atoms with E-state index in [1.54, 1.807) is 7.11 Å². The molecule has 1 aliphatic rings. The molecule has 1 aromatic heterocycles. The second-order valence-corrected chi connectivity index (χ2v) is 8.45. The number of likely N-dealkylation sites (tertiary alicyclic amines) is 1. The molecular weight excluding hydrogens is 386 g/mol. The van der Waals surface area contributed by atoms with Crippen LogP contribution in [-0.2, 0) is 11.5 Å². The highest BCUT2D eigenvalue weighted by molar-refractivity contribution is 7.71. The first-order valence-corrected chi connectivity index (χ1v) is 10.6. The number of hydrogen-bond donors (Lipinski definition) is 2. The molecule has 2 aromatic rings. The maximum atomic E-state index is 12.5. The summed E-state index contributed by atoms with van der Waals surface area (Å²) in [4.78, 5) is 19.3. The van der Waals surface area contributed by atoms with Crippen molar-refractivity contribution >= 4 is 18.1 Å². The normalized spacial score (nSPS) is 16.7. The van der Waals surface area contributed by atoms with E-state index < -0.39 is 0 Å². The van der Waals surface area contributed by atoms with Crippen LogP contribution < -0.4 is 10.1 Å². The number of aromatic nitrogens is 3. The van der Waals surface area contributed by atoms with E-state index in [-0.39, 0.29) is 17.9 Å². The van der Waals surface area contributed by atoms with Crippen molar-refractivity contribution in [3.8, 4) is 17.1 Å². The Hall–Kier alpha value is -2.19. The van der Waals surface area contributed by atoms with Crippen LogP contribution in [0.1, 0.15) is 33.6 Å². The number of nitrogens with one attached hydrogen (secondary N) is 2. The van der Waals surface area contributed by atoms with E-state index in [4.69, 9.17) is 17.0 Å². The summed E-state index contributed by atoms with van der Waals surface area (Å²) in [6.45, 7) is 8.71. The smallest absolute Gasteiger partial charge is 0.223 e. The lowest BCUT2D eigenvalue weighted by molar-refractivity contribution is -0.127. The quantitative estimate of drug-likeness (QED) is 0.675. The van der Waals surface area contributed by atoms with E-state index in [1.165, 1.54) is 0 Å². The van der Waals surface area contributed by atoms with Crippen LogP contribution in [-0.4, -0.2) is 51.8 Å². The first kappa shape index (κ1) is 21.5. The highest BCUT2D eigenvalue weighted by atomic mass is 32.1. The number of hydrogen-bond acceptors (Lipinski definition) is 5. The van der Waals surface area contributed by atoms with Gasteiger partial charge in [-0.05, 0) is 62.2 Å². The summed E-state index contributed by atoms with van der Waals surface area (Å²) in [7, 11) is 1.65. The molecule has 2 heterocycles. The number of ether oxygens (including phenoxy) is 1. The zero-order chi connectivity index (χ0) is 21.0. The molecule has 1 unspecified atom stereocenters. The van der Waals surface area contributed by atoms with Gasteiger partial charge in [0.1, 0.15) is 5.75 Å². The maximum absolute atomic E-state index is 12.5. The van der Waals surface area contributed by atoms with E-state index in [2.05, 4.69) is 41.1 Å². The van der Waals surface area contributed by atoms with Crippen molar-refractivity contribution in [2.75, 3.05) is 20.2 Å². The van der Waals surface area contributed by atoms with Crippen LogP contribution in [0.4, 0.5) is 0 Å². The minimum atomic E-state index is 0.0945. The third-order valence-electron chi connectivity index (χ3n) is 5.71. The Balaban J connectivity index is 1.56. The summed E-state index contributed by atoms with van der Waals surface area (Å²) in [5.74, 6) is 2.28. The minimum absolute atomic E-state index is 0.0945. The Morgan fingerprint density at radius 3 is 2.52 bits per heavy atom. The second-order valence-electron chi connectivity index (χ2n) is 8.09. The van der Waals surface area contributed by atoms with Crippen molar-refractivity contribution in [1.29, 1.82) is 0 Å². The summed E-state index contributed by atoms with van der Waals surface area (Å²) in [5.41, 5.74) is 0.963. The minimum Gasteiger partial charge on any atom is -0.497 e. The van der Waals surface area contributed by atoms with Gasteiger partial charge in [0, 0.05) is 30.6 Å². The monoisotopic (exact) mass is 417 g/mol. The zero-order valence-electron chi connectivity index (χ0n) is 17.6. The van der Waals surface area contributed by atoms with Gasteiger partial charge in [0.15, 0.2) is 5.82 Å². The number of amides is 1. The molecule has 158 valence electrons. The molecule has 29 heavy (non-hydrogen) atoms. The van der Waals surface area contributed by atoms with E-state index in [1.807, 2.05) is 28.9 Å². The number of carbonyl (C=O) groups is 1. The molecule has 0 saturated carbocycles. The van der Waals surface area contributed by atoms with Crippen LogP contribution in [0.2, 0.25) is 0 Å². The van der Waals surface area contributed by atoms with Crippen LogP contribution in [0.25, 0.3) is 11.4 Å². The Bertz CT molecular complexity index is 866. The predicted octanol–water partition coefficient (Wildman–Crippen LogP) is 3.45. The summed E-state index contributed by atoms with van der Waals surface area (Å²) in [6, 6.07) is 7.93. The van der Waals surface area contributed by atoms with Gasteiger partial charge in [-0.15, -0.1) is 0 Å². The predicted molar refractivity (Wildman–Crippen MR) is 116 cm³/mol. The standard InChI is InChI=1S/C21H31N5O2S/c1-14(2)15(3)22-20(27)17-9-11-25(12-10-17)13-26-21(29)23-19(24-26)16-5-7-18(28-4)8-6-16/h5-8,14-15,17H,9-13H2,1-4H3,(H,22,27)(H,23,24,29). The summed E-state index contributed by atoms with van der Waals surface area (Å²) < 4.78 is 7.62. The van der Waals surface area contributed by atoms with Crippen molar-refractivity contribution in [2.45, 2.75) is 46.3 Å². The maximum Gasteiger partial charge on any atom is 0.223 e. The Kier molecular flexibility index (Phi) is 7.08. The van der Waals surface area contributed by atoms with Crippen molar-refractivity contribution in [2.24, 2.45) is 11.8 Å². The highest BCUT2D eigenvalue weighted by Crippen LogP contribution is 2.21. The van der Waals surface area contributed by atoms with Crippen molar-refractivity contribution in [3.05, 3.63) is 29.0 Å². The lowest BCUT2D eigenvalue weighted by atomic mass is 9.95. The molecule has 0 bridgehead atoms. The zero-order valence-corrected chi connectivity index (χ0v) is 18.5. The van der Waals surface area contributed by atoms with E-state index in [0.29, 0.717) is 17.4 Å². The Labute approximate surface area is 177 Å². The molecule has 1 saturated heterocycles. The fourth-order valence-electron chi connectivity index (χ4n) is 3.38. The number of rotatable bonds is 7. The molecular formula is C21H31N5O2S. The molecule has 0 aliphatic carbocycles. The number of aromatic amines is 1. The lowest BCUT2D eigenvalue weighted by Gasteiger charge is -2.32. The third-order valence-corrected chi connectivity index (χ3v) is 6.02. The Morgan fingerprint density at radius 1 is 1.28 bits per heavy atom. The number of carbonyl (C=O) groups excluding carboxylic acids is 1. The largest absolute Gasteiger partial charge is 0.497 e. The average Bonchev–Trinajstić information content (AvgIpc) is 3.08. The second kappa shape index (κ2) is 9.54. The van der Waals surface area contributed by atoms with Crippen LogP contribution in [0.3, 0.4) is 0 Å². The SMILES string of the molecule is COc1ccc(-c2nc(=S)n(CN3CCC(C(=O)NC(C)C(C)C)CC3)[nH]2)cc1. The molecule has 1 atom stereocenters. The van der Waals surface area contributed by atoms with Gasteiger partial charge in [-0.3, -0.25) is 14.8 Å². The van der Waals surface area contributed by atoms with E-state index in [9.17, 15) is 4.79 Å². The number of nitrogens with zero attached hydrogens (tertiary/aromatic N) is 3. The topological polar surface area (TPSA) is 75.2 Å². The Morgan fingerprint density at radius 2 is 1.93 bits per heavy atom. The van der Waals surface area contributed by atoms with Gasteiger partial charge in [-0.2, -0.15) is 4.98 Å². The van der Waals surface area contributed by atoms with Crippen LogP contribution in [0.5, 0.6) is 5.75 Å². The van der Waals surface area contributed by atoms with Crippen LogP contribution >= 0.6 is 12.2 Å². The molecule has 3 rings (SSSR count). The molecule has 1 fully saturated rings. The van der Waals surface area contributed by atoms with Crippen LogP contribution in [0.15, 0.2) is 24.3 Å². The van der Waals surface area contributed by atoms with Crippen LogP contribution in [0, 0.1) is 16.6 Å². The number of H-pyrrole nitrogens is 1. The van der Waals surface area contributed by atoms with E-state index >= 15 is 0 Å². The van der Waals surface area contributed by atoms with Crippen molar-refractivity contribution in [1.82, 2.24) is 25.0 Å². The molecule has 2 N–H and O–H groups in total. The summed E-state index contributed by atoms with van der Waals surface area (Å²) in [6.07, 6.45) is 1.73. The molecule has 1 amide bonds. The molecule has 8 heteroatoms. The van der Waals surface area contributed by atoms with Gasteiger partial charge < -0.3 is 10.1 Å². The third kappa shape index (κ3) is 5.45. The summed E-state index contributed by atoms with van der Waals surface area (Å²) >= 11 is 5.43. The lowest BCUT2D eigenvalue weighted by Crippen LogP contribution is -2.44. The molecule has 1 aliphatic heterocycles. The number of benzene rings is 1. The number of piperidine rings is 1. The van der Waals surface area contributed by atoms with E-state index in [0.717, 1.165) is 43.1 Å².